The lowest BCUT2D eigenvalue weighted by molar-refractivity contribution is -0.122. The van der Waals surface area contributed by atoms with Crippen LogP contribution in [0.3, 0.4) is 0 Å². The number of imide groups is 1. The number of para-hydroxylation sites is 2. The number of rotatable bonds is 9. The molecule has 32 heavy (non-hydrogen) atoms. The molecule has 0 unspecified atom stereocenters. The number of anilines is 1. The van der Waals surface area contributed by atoms with Gasteiger partial charge in [0.1, 0.15) is 5.75 Å². The van der Waals surface area contributed by atoms with Crippen LogP contribution in [0.15, 0.2) is 47.4 Å². The Morgan fingerprint density at radius 1 is 1.06 bits per heavy atom. The van der Waals surface area contributed by atoms with E-state index >= 15 is 0 Å². The monoisotopic (exact) mass is 456 g/mol. The largest absolute Gasteiger partial charge is 0.495 e. The summed E-state index contributed by atoms with van der Waals surface area (Å²) in [6, 6.07) is 12.1. The van der Waals surface area contributed by atoms with Gasteiger partial charge in [-0.25, -0.2) is 0 Å². The third kappa shape index (κ3) is 5.42. The number of hydrogen-bond acceptors (Lipinski definition) is 7. The predicted molar refractivity (Wildman–Crippen MR) is 123 cm³/mol. The fourth-order valence-corrected chi connectivity index (χ4v) is 3.90. The van der Waals surface area contributed by atoms with E-state index in [0.717, 1.165) is 11.8 Å². The van der Waals surface area contributed by atoms with Crippen molar-refractivity contribution in [3.05, 3.63) is 52.9 Å². The van der Waals surface area contributed by atoms with Crippen molar-refractivity contribution in [2.45, 2.75) is 13.3 Å². The first-order chi connectivity index (χ1) is 15.5. The fraction of sp³-hybridized carbons (Fsp3) is 0.261. The van der Waals surface area contributed by atoms with Crippen molar-refractivity contribution in [3.63, 3.8) is 0 Å². The summed E-state index contributed by atoms with van der Waals surface area (Å²) in [5.74, 6) is 0.668. The summed E-state index contributed by atoms with van der Waals surface area (Å²) in [7, 11) is 3.01. The Morgan fingerprint density at radius 2 is 1.81 bits per heavy atom. The second-order valence-electron chi connectivity index (χ2n) is 6.78. The van der Waals surface area contributed by atoms with Crippen LogP contribution in [0.4, 0.5) is 10.5 Å². The highest BCUT2D eigenvalue weighted by Gasteiger charge is 2.34. The van der Waals surface area contributed by atoms with E-state index in [4.69, 9.17) is 14.2 Å². The molecule has 8 nitrogen and oxygen atoms in total. The number of hydrogen-bond donors (Lipinski definition) is 1. The van der Waals surface area contributed by atoms with Gasteiger partial charge in [0.25, 0.3) is 17.1 Å². The molecule has 1 N–H and O–H groups in total. The molecule has 9 heteroatoms. The fourth-order valence-electron chi connectivity index (χ4n) is 3.04. The van der Waals surface area contributed by atoms with E-state index in [0.29, 0.717) is 46.4 Å². The zero-order chi connectivity index (χ0) is 23.1. The Bertz CT molecular complexity index is 1050. The number of nitrogens with one attached hydrogen (secondary N) is 1. The van der Waals surface area contributed by atoms with Gasteiger partial charge in [0, 0.05) is 6.54 Å². The molecule has 0 aromatic heterocycles. The summed E-state index contributed by atoms with van der Waals surface area (Å²) in [6.07, 6.45) is 2.34. The third-order valence-corrected chi connectivity index (χ3v) is 5.45. The minimum atomic E-state index is -0.356. The van der Waals surface area contributed by atoms with Crippen LogP contribution in [0.1, 0.15) is 18.9 Å². The van der Waals surface area contributed by atoms with Gasteiger partial charge in [-0.05, 0) is 54.1 Å². The van der Waals surface area contributed by atoms with Gasteiger partial charge in [-0.2, -0.15) is 0 Å². The molecule has 0 radical (unpaired) electrons. The number of carbonyl (C=O) groups is 3. The lowest BCUT2D eigenvalue weighted by Gasteiger charge is -2.13. The van der Waals surface area contributed by atoms with Crippen LogP contribution in [-0.2, 0) is 9.59 Å². The van der Waals surface area contributed by atoms with Gasteiger partial charge >= 0.3 is 0 Å². The van der Waals surface area contributed by atoms with Crippen molar-refractivity contribution in [1.82, 2.24) is 4.90 Å². The van der Waals surface area contributed by atoms with Crippen molar-refractivity contribution in [3.8, 4) is 17.2 Å². The SMILES string of the molecule is CCCN1C(=O)S/C(=C\c2ccc(OCC(=O)Nc3ccccc3OC)c(OC)c2)C1=O. The zero-order valence-corrected chi connectivity index (χ0v) is 18.9. The van der Waals surface area contributed by atoms with Crippen molar-refractivity contribution in [1.29, 1.82) is 0 Å². The average Bonchev–Trinajstić information content (AvgIpc) is 3.06. The van der Waals surface area contributed by atoms with Gasteiger partial charge in [-0.3, -0.25) is 19.3 Å². The van der Waals surface area contributed by atoms with Crippen LogP contribution in [-0.4, -0.2) is 49.3 Å². The molecule has 0 bridgehead atoms. The first kappa shape index (κ1) is 23.2. The Kier molecular flexibility index (Phi) is 7.77. The van der Waals surface area contributed by atoms with Crippen LogP contribution in [0, 0.1) is 0 Å². The van der Waals surface area contributed by atoms with Gasteiger partial charge in [0.2, 0.25) is 0 Å². The Morgan fingerprint density at radius 3 is 2.53 bits per heavy atom. The second-order valence-corrected chi connectivity index (χ2v) is 7.77. The molecule has 0 saturated carbocycles. The molecule has 1 saturated heterocycles. The summed E-state index contributed by atoms with van der Waals surface area (Å²) in [5.41, 5.74) is 1.22. The molecular weight excluding hydrogens is 432 g/mol. The van der Waals surface area contributed by atoms with Crippen LogP contribution in [0.2, 0.25) is 0 Å². The molecule has 2 aromatic carbocycles. The summed E-state index contributed by atoms with van der Waals surface area (Å²) in [6.45, 7) is 2.08. The van der Waals surface area contributed by atoms with E-state index in [1.807, 2.05) is 13.0 Å². The maximum atomic E-state index is 12.4. The summed E-state index contributed by atoms with van der Waals surface area (Å²) in [5, 5.41) is 2.47. The minimum Gasteiger partial charge on any atom is -0.495 e. The molecule has 0 spiro atoms. The molecule has 1 fully saturated rings. The topological polar surface area (TPSA) is 94.2 Å². The second kappa shape index (κ2) is 10.7. The maximum Gasteiger partial charge on any atom is 0.293 e. The molecule has 3 amide bonds. The highest BCUT2D eigenvalue weighted by atomic mass is 32.2. The van der Waals surface area contributed by atoms with E-state index in [2.05, 4.69) is 5.32 Å². The van der Waals surface area contributed by atoms with E-state index < -0.39 is 0 Å². The van der Waals surface area contributed by atoms with Crippen molar-refractivity contribution in [2.24, 2.45) is 0 Å². The molecule has 0 atom stereocenters. The Hall–Kier alpha value is -3.46. The van der Waals surface area contributed by atoms with Gasteiger partial charge < -0.3 is 19.5 Å². The number of nitrogens with zero attached hydrogens (tertiary/aromatic N) is 1. The first-order valence-corrected chi connectivity index (χ1v) is 10.8. The zero-order valence-electron chi connectivity index (χ0n) is 18.0. The lowest BCUT2D eigenvalue weighted by Crippen LogP contribution is -2.28. The molecule has 168 valence electrons. The van der Waals surface area contributed by atoms with Gasteiger partial charge in [-0.15, -0.1) is 0 Å². The Labute approximate surface area is 190 Å². The van der Waals surface area contributed by atoms with E-state index in [9.17, 15) is 14.4 Å². The molecule has 1 aliphatic heterocycles. The molecular formula is C23H24N2O6S. The summed E-state index contributed by atoms with van der Waals surface area (Å²) in [4.78, 5) is 38.3. The highest BCUT2D eigenvalue weighted by Crippen LogP contribution is 2.34. The van der Waals surface area contributed by atoms with Crippen molar-refractivity contribution in [2.75, 3.05) is 32.7 Å². The van der Waals surface area contributed by atoms with Crippen molar-refractivity contribution >= 4 is 40.6 Å². The summed E-state index contributed by atoms with van der Waals surface area (Å²) >= 11 is 0.916. The number of methoxy groups -OCH3 is 2. The number of amides is 3. The number of thioether (sulfide) groups is 1. The van der Waals surface area contributed by atoms with E-state index in [1.165, 1.54) is 19.1 Å². The third-order valence-electron chi connectivity index (χ3n) is 4.55. The molecule has 1 aliphatic rings. The quantitative estimate of drug-likeness (QED) is 0.566. The van der Waals surface area contributed by atoms with Crippen LogP contribution in [0.5, 0.6) is 17.2 Å². The smallest absolute Gasteiger partial charge is 0.293 e. The van der Waals surface area contributed by atoms with E-state index in [1.54, 1.807) is 42.5 Å². The average molecular weight is 457 g/mol. The minimum absolute atomic E-state index is 0.232. The molecule has 1 heterocycles. The number of benzene rings is 2. The van der Waals surface area contributed by atoms with E-state index in [-0.39, 0.29) is 23.7 Å². The first-order valence-electron chi connectivity index (χ1n) is 9.96. The number of carbonyl (C=O) groups excluding carboxylic acids is 3. The van der Waals surface area contributed by atoms with Gasteiger partial charge in [-0.1, -0.05) is 25.1 Å². The van der Waals surface area contributed by atoms with Crippen LogP contribution < -0.4 is 19.5 Å². The normalized spacial score (nSPS) is 14.6. The molecule has 2 aromatic rings. The summed E-state index contributed by atoms with van der Waals surface area (Å²) < 4.78 is 16.2. The Balaban J connectivity index is 1.67. The standard InChI is InChI=1S/C23H24N2O6S/c1-4-11-25-22(27)20(32-23(25)28)13-15-9-10-18(19(12-15)30-3)31-14-21(26)24-16-7-5-6-8-17(16)29-2/h5-10,12-13H,4,11,14H2,1-3H3,(H,24,26)/b20-13-. The molecule has 0 aliphatic carbocycles. The highest BCUT2D eigenvalue weighted by molar-refractivity contribution is 8.18. The van der Waals surface area contributed by atoms with Crippen molar-refractivity contribution < 1.29 is 28.6 Å². The maximum absolute atomic E-state index is 12.4. The van der Waals surface area contributed by atoms with Gasteiger partial charge in [0.15, 0.2) is 18.1 Å². The van der Waals surface area contributed by atoms with Crippen LogP contribution in [0.25, 0.3) is 6.08 Å². The number of ether oxygens (including phenoxy) is 3. The lowest BCUT2D eigenvalue weighted by atomic mass is 10.2. The van der Waals surface area contributed by atoms with Gasteiger partial charge in [0.05, 0.1) is 24.8 Å². The predicted octanol–water partition coefficient (Wildman–Crippen LogP) is 4.17. The molecule has 3 rings (SSSR count). The van der Waals surface area contributed by atoms with Crippen LogP contribution >= 0.6 is 11.8 Å².